The lowest BCUT2D eigenvalue weighted by Gasteiger charge is -2.33. The fraction of sp³-hybridized carbons (Fsp3) is 0.278. The summed E-state index contributed by atoms with van der Waals surface area (Å²) in [6.45, 7) is 0.333. The predicted octanol–water partition coefficient (Wildman–Crippen LogP) is 4.80. The van der Waals surface area contributed by atoms with Crippen LogP contribution >= 0.6 is 34.3 Å². The maximum absolute atomic E-state index is 13.0. The minimum absolute atomic E-state index is 0.173. The molecule has 9 heteroatoms. The van der Waals surface area contributed by atoms with E-state index in [1.165, 1.54) is 10.4 Å². The Morgan fingerprint density at radius 3 is 2.81 bits per heavy atom. The van der Waals surface area contributed by atoms with Crippen molar-refractivity contribution in [3.05, 3.63) is 46.1 Å². The van der Waals surface area contributed by atoms with E-state index >= 15 is 0 Å². The van der Waals surface area contributed by atoms with Gasteiger partial charge in [0, 0.05) is 16.9 Å². The monoisotopic (exact) mass is 440 g/mol. The van der Waals surface area contributed by atoms with E-state index in [4.69, 9.17) is 11.6 Å². The summed E-state index contributed by atoms with van der Waals surface area (Å²) in [4.78, 5) is 12.9. The van der Waals surface area contributed by atoms with Crippen LogP contribution in [-0.4, -0.2) is 31.2 Å². The van der Waals surface area contributed by atoms with Crippen LogP contribution in [0.1, 0.15) is 19.3 Å². The number of sulfonamides is 1. The van der Waals surface area contributed by atoms with Crippen molar-refractivity contribution >= 4 is 66.0 Å². The van der Waals surface area contributed by atoms with Crippen molar-refractivity contribution in [2.45, 2.75) is 29.5 Å². The molecule has 0 saturated carbocycles. The van der Waals surface area contributed by atoms with Crippen molar-refractivity contribution in [1.82, 2.24) is 4.31 Å². The molecule has 1 aromatic carbocycles. The highest BCUT2D eigenvalue weighted by Crippen LogP contribution is 2.32. The molecule has 0 aliphatic carbocycles. The number of amides is 1. The van der Waals surface area contributed by atoms with Gasteiger partial charge in [-0.05, 0) is 60.0 Å². The van der Waals surface area contributed by atoms with Gasteiger partial charge in [0.2, 0.25) is 5.91 Å². The van der Waals surface area contributed by atoms with E-state index < -0.39 is 16.1 Å². The highest BCUT2D eigenvalue weighted by molar-refractivity contribution is 7.91. The zero-order chi connectivity index (χ0) is 19.0. The lowest BCUT2D eigenvalue weighted by molar-refractivity contribution is -0.120. The van der Waals surface area contributed by atoms with Gasteiger partial charge in [-0.25, -0.2) is 8.42 Å². The summed E-state index contributed by atoms with van der Waals surface area (Å²) in [5.41, 5.74) is 0.674. The zero-order valence-electron chi connectivity index (χ0n) is 14.2. The molecule has 0 radical (unpaired) electrons. The Hall–Kier alpha value is -1.45. The van der Waals surface area contributed by atoms with Crippen molar-refractivity contribution in [2.75, 3.05) is 11.9 Å². The van der Waals surface area contributed by atoms with Crippen molar-refractivity contribution in [3.8, 4) is 0 Å². The molecule has 0 bridgehead atoms. The van der Waals surface area contributed by atoms with Crippen molar-refractivity contribution < 1.29 is 13.2 Å². The molecule has 142 valence electrons. The van der Waals surface area contributed by atoms with Gasteiger partial charge in [-0.2, -0.15) is 4.31 Å². The molecule has 3 heterocycles. The van der Waals surface area contributed by atoms with E-state index in [2.05, 4.69) is 5.32 Å². The van der Waals surface area contributed by atoms with Crippen LogP contribution in [0.2, 0.25) is 4.34 Å². The molecule has 1 aliphatic heterocycles. The molecule has 1 saturated heterocycles. The molecular weight excluding hydrogens is 424 g/mol. The third-order valence-electron chi connectivity index (χ3n) is 4.59. The average molecular weight is 441 g/mol. The van der Waals surface area contributed by atoms with Gasteiger partial charge >= 0.3 is 0 Å². The number of hydrogen-bond acceptors (Lipinski definition) is 5. The Kier molecular flexibility index (Phi) is 5.26. The number of hydrogen-bond donors (Lipinski definition) is 1. The molecule has 0 spiro atoms. The Morgan fingerprint density at radius 1 is 1.19 bits per heavy atom. The molecular formula is C18H17ClN2O3S3. The Balaban J connectivity index is 1.58. The van der Waals surface area contributed by atoms with Gasteiger partial charge in [-0.15, -0.1) is 22.7 Å². The summed E-state index contributed by atoms with van der Waals surface area (Å²) in [5.74, 6) is -0.296. The first-order valence-corrected chi connectivity index (χ1v) is 12.0. The number of nitrogens with zero attached hydrogens (tertiary/aromatic N) is 1. The molecule has 1 fully saturated rings. The topological polar surface area (TPSA) is 66.5 Å². The molecule has 1 amide bonds. The Morgan fingerprint density at radius 2 is 2.04 bits per heavy atom. The Labute approximate surface area is 170 Å². The van der Waals surface area contributed by atoms with Gasteiger partial charge in [0.15, 0.2) is 0 Å². The van der Waals surface area contributed by atoms with Gasteiger partial charge in [0.05, 0.1) is 4.34 Å². The third kappa shape index (κ3) is 3.77. The van der Waals surface area contributed by atoms with Crippen LogP contribution in [0.25, 0.3) is 10.1 Å². The molecule has 5 nitrogen and oxygen atoms in total. The maximum atomic E-state index is 13.0. The summed E-state index contributed by atoms with van der Waals surface area (Å²) in [7, 11) is -3.75. The number of nitrogens with one attached hydrogen (secondary N) is 1. The minimum atomic E-state index is -3.75. The number of halogens is 1. The van der Waals surface area contributed by atoms with Crippen LogP contribution in [0.15, 0.2) is 46.0 Å². The third-order valence-corrected chi connectivity index (χ3v) is 9.09. The standard InChI is InChI=1S/C18H17ClN2O3S3/c19-16-6-7-17(26-16)27(23,24)21-9-2-1-3-14(21)18(22)20-13-4-5-15-12(11-13)8-10-25-15/h4-8,10-11,14H,1-3,9H2,(H,20,22)/t14-/m1/s1. The zero-order valence-corrected chi connectivity index (χ0v) is 17.4. The van der Waals surface area contributed by atoms with Crippen LogP contribution < -0.4 is 5.32 Å². The first-order chi connectivity index (χ1) is 12.9. The Bertz CT molecular complexity index is 1090. The molecule has 1 atom stereocenters. The quantitative estimate of drug-likeness (QED) is 0.633. The molecule has 1 aliphatic rings. The summed E-state index contributed by atoms with van der Waals surface area (Å²) < 4.78 is 29.1. The molecule has 3 aromatic rings. The van der Waals surface area contributed by atoms with Gasteiger partial charge in [0.25, 0.3) is 10.0 Å². The summed E-state index contributed by atoms with van der Waals surface area (Å²) in [5, 5.41) is 5.94. The summed E-state index contributed by atoms with van der Waals surface area (Å²) >= 11 is 8.56. The van der Waals surface area contributed by atoms with Gasteiger partial charge in [-0.3, -0.25) is 4.79 Å². The largest absolute Gasteiger partial charge is 0.325 e. The van der Waals surface area contributed by atoms with E-state index in [-0.39, 0.29) is 10.1 Å². The number of fused-ring (bicyclic) bond motifs is 1. The number of carbonyl (C=O) groups excluding carboxylic acids is 1. The second-order valence-electron chi connectivity index (χ2n) is 6.35. The van der Waals surface area contributed by atoms with Crippen molar-refractivity contribution in [1.29, 1.82) is 0 Å². The lowest BCUT2D eigenvalue weighted by atomic mass is 10.0. The predicted molar refractivity (Wildman–Crippen MR) is 111 cm³/mol. The highest BCUT2D eigenvalue weighted by Gasteiger charge is 2.38. The second kappa shape index (κ2) is 7.52. The van der Waals surface area contributed by atoms with E-state index in [0.717, 1.165) is 34.3 Å². The molecule has 27 heavy (non-hydrogen) atoms. The van der Waals surface area contributed by atoms with Crippen LogP contribution in [0, 0.1) is 0 Å². The molecule has 2 aromatic heterocycles. The molecule has 0 unspecified atom stereocenters. The van der Waals surface area contributed by atoms with Crippen LogP contribution in [0.4, 0.5) is 5.69 Å². The maximum Gasteiger partial charge on any atom is 0.253 e. The number of rotatable bonds is 4. The van der Waals surface area contributed by atoms with E-state index in [1.807, 2.05) is 29.6 Å². The van der Waals surface area contributed by atoms with Gasteiger partial charge in [0.1, 0.15) is 10.3 Å². The van der Waals surface area contributed by atoms with Gasteiger partial charge in [-0.1, -0.05) is 18.0 Å². The lowest BCUT2D eigenvalue weighted by Crippen LogP contribution is -2.49. The first-order valence-electron chi connectivity index (χ1n) is 8.50. The van der Waals surface area contributed by atoms with Crippen molar-refractivity contribution in [3.63, 3.8) is 0 Å². The normalized spacial score (nSPS) is 18.6. The van der Waals surface area contributed by atoms with Crippen molar-refractivity contribution in [2.24, 2.45) is 0 Å². The molecule has 1 N–H and O–H groups in total. The van der Waals surface area contributed by atoms with E-state index in [1.54, 1.807) is 17.4 Å². The number of piperidine rings is 1. The van der Waals surface area contributed by atoms with Crippen LogP contribution in [0.3, 0.4) is 0 Å². The fourth-order valence-corrected chi connectivity index (χ4v) is 7.32. The van der Waals surface area contributed by atoms with Crippen LogP contribution in [0.5, 0.6) is 0 Å². The van der Waals surface area contributed by atoms with E-state index in [0.29, 0.717) is 23.0 Å². The minimum Gasteiger partial charge on any atom is -0.325 e. The summed E-state index contributed by atoms with van der Waals surface area (Å²) in [6, 6.07) is 10.0. The summed E-state index contributed by atoms with van der Waals surface area (Å²) in [6.07, 6.45) is 2.06. The smallest absolute Gasteiger partial charge is 0.253 e. The number of anilines is 1. The molecule has 4 rings (SSSR count). The number of thiophene rings is 2. The second-order valence-corrected chi connectivity index (χ2v) is 11.1. The SMILES string of the molecule is O=C(Nc1ccc2sccc2c1)[C@H]1CCCCN1S(=O)(=O)c1ccc(Cl)s1. The number of benzene rings is 1. The van der Waals surface area contributed by atoms with Gasteiger partial charge < -0.3 is 5.32 Å². The van der Waals surface area contributed by atoms with Crippen LogP contribution in [-0.2, 0) is 14.8 Å². The number of carbonyl (C=O) groups is 1. The average Bonchev–Trinajstić information content (AvgIpc) is 3.30. The fourth-order valence-electron chi connectivity index (χ4n) is 3.28. The highest BCUT2D eigenvalue weighted by atomic mass is 35.5. The van der Waals surface area contributed by atoms with E-state index in [9.17, 15) is 13.2 Å². The first kappa shape index (κ1) is 18.9.